The number of fused-ring (bicyclic) bond motifs is 1. The van der Waals surface area contributed by atoms with Gasteiger partial charge in [0, 0.05) is 36.3 Å². The number of hydrogen-bond acceptors (Lipinski definition) is 8. The molecule has 4 N–H and O–H groups in total. The highest BCUT2D eigenvalue weighted by molar-refractivity contribution is 6.35. The van der Waals surface area contributed by atoms with Crippen molar-refractivity contribution < 1.29 is 5.11 Å². The molecule has 0 aliphatic rings. The fourth-order valence-electron chi connectivity index (χ4n) is 4.01. The molecule has 0 radical (unpaired) electrons. The summed E-state index contributed by atoms with van der Waals surface area (Å²) in [6.07, 6.45) is 4.04. The molecule has 4 aromatic heterocycles. The Morgan fingerprint density at radius 1 is 1.08 bits per heavy atom. The van der Waals surface area contributed by atoms with E-state index in [1.807, 2.05) is 55.6 Å². The number of aromatic nitrogens is 6. The molecule has 0 fully saturated rings. The van der Waals surface area contributed by atoms with Crippen LogP contribution in [0.15, 0.2) is 60.9 Å². The van der Waals surface area contributed by atoms with Crippen LogP contribution in [0.25, 0.3) is 28.0 Å². The minimum absolute atomic E-state index is 0.320. The summed E-state index contributed by atoms with van der Waals surface area (Å²) in [6.45, 7) is 5.83. The average molecular weight is 515 g/mol. The van der Waals surface area contributed by atoms with Crippen LogP contribution in [-0.2, 0) is 12.0 Å². The molecule has 0 unspecified atom stereocenters. The minimum atomic E-state index is -1.03. The van der Waals surface area contributed by atoms with Crippen molar-refractivity contribution in [3.05, 3.63) is 83.0 Å². The standard InChI is InChI=1S/C27H27ClN8O/c1-16-10-13-36(35-16)26-24(18-14-17-6-5-11-31-23(17)19(28)15-18)32-20(25(29)34-26)9-12-30-22-8-4-7-21(33-22)27(2,3)37/h4-8,10-11,13-15,37H,9,12H2,1-3H3,(H2,29,34)(H,30,33). The molecule has 9 nitrogen and oxygen atoms in total. The molecular formula is C27H27ClN8O. The maximum atomic E-state index is 10.3. The molecule has 1 aromatic carbocycles. The molecule has 5 rings (SSSR count). The molecule has 37 heavy (non-hydrogen) atoms. The zero-order chi connectivity index (χ0) is 26.2. The van der Waals surface area contributed by atoms with E-state index >= 15 is 0 Å². The Bertz CT molecular complexity index is 1590. The Morgan fingerprint density at radius 3 is 2.68 bits per heavy atom. The van der Waals surface area contributed by atoms with Crippen molar-refractivity contribution in [2.24, 2.45) is 0 Å². The van der Waals surface area contributed by atoms with Crippen LogP contribution < -0.4 is 11.1 Å². The predicted octanol–water partition coefficient (Wildman–Crippen LogP) is 4.70. The number of anilines is 2. The van der Waals surface area contributed by atoms with Crippen molar-refractivity contribution in [3.63, 3.8) is 0 Å². The first kappa shape index (κ1) is 24.6. The van der Waals surface area contributed by atoms with Crippen LogP contribution in [0.5, 0.6) is 0 Å². The molecular weight excluding hydrogens is 488 g/mol. The summed E-state index contributed by atoms with van der Waals surface area (Å²) in [5.41, 5.74) is 9.53. The third-order valence-electron chi connectivity index (χ3n) is 5.90. The third kappa shape index (κ3) is 5.23. The molecule has 0 atom stereocenters. The Morgan fingerprint density at radius 2 is 1.92 bits per heavy atom. The monoisotopic (exact) mass is 514 g/mol. The number of pyridine rings is 2. The normalized spacial score (nSPS) is 11.7. The van der Waals surface area contributed by atoms with Gasteiger partial charge in [-0.2, -0.15) is 5.10 Å². The highest BCUT2D eigenvalue weighted by Gasteiger charge is 2.19. The SMILES string of the molecule is Cc1ccn(-c2nc(N)c(CCNc3cccc(C(C)(C)O)n3)nc2-c2cc(Cl)c3ncccc3c2)n1. The second-order valence-electron chi connectivity index (χ2n) is 9.31. The van der Waals surface area contributed by atoms with Crippen LogP contribution >= 0.6 is 11.6 Å². The summed E-state index contributed by atoms with van der Waals surface area (Å²) in [7, 11) is 0. The average Bonchev–Trinajstić information content (AvgIpc) is 3.30. The number of hydrogen-bond donors (Lipinski definition) is 3. The van der Waals surface area contributed by atoms with Crippen molar-refractivity contribution in [2.45, 2.75) is 32.8 Å². The van der Waals surface area contributed by atoms with Crippen LogP contribution in [0.4, 0.5) is 11.6 Å². The van der Waals surface area contributed by atoms with Gasteiger partial charge in [0.1, 0.15) is 22.9 Å². The second kappa shape index (κ2) is 9.76. The highest BCUT2D eigenvalue weighted by atomic mass is 35.5. The molecule has 10 heteroatoms. The number of nitrogen functional groups attached to an aromatic ring is 1. The quantitative estimate of drug-likeness (QED) is 0.285. The number of aryl methyl sites for hydroxylation is 1. The number of nitrogens with zero attached hydrogens (tertiary/aromatic N) is 6. The van der Waals surface area contributed by atoms with Crippen LogP contribution in [0.3, 0.4) is 0 Å². The molecule has 4 heterocycles. The van der Waals surface area contributed by atoms with E-state index in [1.165, 1.54) is 0 Å². The number of nitrogens with one attached hydrogen (secondary N) is 1. The molecule has 5 aromatic rings. The zero-order valence-corrected chi connectivity index (χ0v) is 21.5. The second-order valence-corrected chi connectivity index (χ2v) is 9.71. The van der Waals surface area contributed by atoms with Crippen LogP contribution in [-0.4, -0.2) is 41.4 Å². The van der Waals surface area contributed by atoms with Gasteiger partial charge in [-0.05, 0) is 57.2 Å². The summed E-state index contributed by atoms with van der Waals surface area (Å²) in [4.78, 5) is 18.5. The molecule has 188 valence electrons. The summed E-state index contributed by atoms with van der Waals surface area (Å²) in [6, 6.07) is 15.0. The number of nitrogens with two attached hydrogens (primary N) is 1. The van der Waals surface area contributed by atoms with E-state index in [4.69, 9.17) is 27.3 Å². The first-order valence-corrected chi connectivity index (χ1v) is 12.2. The molecule has 0 aliphatic carbocycles. The van der Waals surface area contributed by atoms with Gasteiger partial charge in [-0.3, -0.25) is 4.98 Å². The first-order valence-electron chi connectivity index (χ1n) is 11.9. The van der Waals surface area contributed by atoms with E-state index in [2.05, 4.69) is 20.4 Å². The van der Waals surface area contributed by atoms with Gasteiger partial charge in [0.05, 0.1) is 27.6 Å². The number of rotatable bonds is 7. The van der Waals surface area contributed by atoms with Crippen molar-refractivity contribution in [3.8, 4) is 17.1 Å². The molecule has 0 amide bonds. The summed E-state index contributed by atoms with van der Waals surface area (Å²) >= 11 is 6.59. The maximum absolute atomic E-state index is 10.3. The Labute approximate surface area is 219 Å². The zero-order valence-electron chi connectivity index (χ0n) is 20.8. The summed E-state index contributed by atoms with van der Waals surface area (Å²) in [5.74, 6) is 1.49. The lowest BCUT2D eigenvalue weighted by molar-refractivity contribution is 0.0740. The number of halogens is 1. The van der Waals surface area contributed by atoms with Crippen LogP contribution in [0.2, 0.25) is 5.02 Å². The lowest BCUT2D eigenvalue weighted by Gasteiger charge is -2.17. The Kier molecular flexibility index (Phi) is 6.49. The smallest absolute Gasteiger partial charge is 0.182 e. The van der Waals surface area contributed by atoms with Gasteiger partial charge >= 0.3 is 0 Å². The number of aliphatic hydroxyl groups is 1. The van der Waals surface area contributed by atoms with Crippen molar-refractivity contribution in [2.75, 3.05) is 17.6 Å². The summed E-state index contributed by atoms with van der Waals surface area (Å²) < 4.78 is 1.67. The van der Waals surface area contributed by atoms with Gasteiger partial charge in [0.2, 0.25) is 0 Å². The highest BCUT2D eigenvalue weighted by Crippen LogP contribution is 2.32. The molecule has 0 bridgehead atoms. The van der Waals surface area contributed by atoms with Gasteiger partial charge in [-0.25, -0.2) is 19.6 Å². The van der Waals surface area contributed by atoms with Gasteiger partial charge in [-0.1, -0.05) is 23.7 Å². The van der Waals surface area contributed by atoms with E-state index in [-0.39, 0.29) is 0 Å². The largest absolute Gasteiger partial charge is 0.384 e. The van der Waals surface area contributed by atoms with E-state index < -0.39 is 5.60 Å². The predicted molar refractivity (Wildman–Crippen MR) is 146 cm³/mol. The first-order chi connectivity index (χ1) is 17.7. The Balaban J connectivity index is 1.50. The van der Waals surface area contributed by atoms with Gasteiger partial charge in [0.15, 0.2) is 5.82 Å². The lowest BCUT2D eigenvalue weighted by Crippen LogP contribution is -2.18. The van der Waals surface area contributed by atoms with Crippen molar-refractivity contribution >= 4 is 34.1 Å². The lowest BCUT2D eigenvalue weighted by atomic mass is 10.1. The van der Waals surface area contributed by atoms with Gasteiger partial charge in [-0.15, -0.1) is 0 Å². The fraction of sp³-hybridized carbons (Fsp3) is 0.222. The van der Waals surface area contributed by atoms with Gasteiger partial charge < -0.3 is 16.2 Å². The van der Waals surface area contributed by atoms with Gasteiger partial charge in [0.25, 0.3) is 0 Å². The van der Waals surface area contributed by atoms with Crippen LogP contribution in [0, 0.1) is 6.92 Å². The van der Waals surface area contributed by atoms with Crippen LogP contribution in [0.1, 0.15) is 30.9 Å². The topological polar surface area (TPSA) is 128 Å². The molecule has 0 saturated carbocycles. The van der Waals surface area contributed by atoms with Crippen molar-refractivity contribution in [1.29, 1.82) is 0 Å². The fourth-order valence-corrected chi connectivity index (χ4v) is 4.29. The van der Waals surface area contributed by atoms with Crippen molar-refractivity contribution in [1.82, 2.24) is 29.7 Å². The third-order valence-corrected chi connectivity index (χ3v) is 6.18. The van der Waals surface area contributed by atoms with E-state index in [0.29, 0.717) is 52.5 Å². The maximum Gasteiger partial charge on any atom is 0.182 e. The Hall–Kier alpha value is -4.08. The minimum Gasteiger partial charge on any atom is -0.384 e. The van der Waals surface area contributed by atoms with E-state index in [9.17, 15) is 5.11 Å². The number of benzene rings is 1. The molecule has 0 saturated heterocycles. The van der Waals surface area contributed by atoms with E-state index in [1.54, 1.807) is 30.8 Å². The molecule has 0 aliphatic heterocycles. The van der Waals surface area contributed by atoms with E-state index in [0.717, 1.165) is 22.2 Å². The molecule has 0 spiro atoms. The summed E-state index contributed by atoms with van der Waals surface area (Å²) in [5, 5.41) is 19.5.